The third-order valence-corrected chi connectivity index (χ3v) is 3.00. The molecule has 0 saturated heterocycles. The van der Waals surface area contributed by atoms with Gasteiger partial charge in [-0.25, -0.2) is 0 Å². The van der Waals surface area contributed by atoms with Crippen molar-refractivity contribution in [2.45, 2.75) is 12.8 Å². The molecule has 0 radical (unpaired) electrons. The van der Waals surface area contributed by atoms with Gasteiger partial charge in [-0.1, -0.05) is 27.5 Å². The van der Waals surface area contributed by atoms with E-state index in [1.165, 1.54) is 0 Å². The van der Waals surface area contributed by atoms with Crippen LogP contribution in [0.5, 0.6) is 0 Å². The van der Waals surface area contributed by atoms with E-state index < -0.39 is 5.97 Å². The zero-order chi connectivity index (χ0) is 13.1. The zero-order valence-electron chi connectivity index (χ0n) is 9.06. The lowest BCUT2D eigenvalue weighted by atomic mass is 10.2. The number of rotatable bonds is 4. The molecule has 0 fully saturated rings. The number of hydrogen-bond acceptors (Lipinski definition) is 4. The number of carboxylic acid groups (broad SMARTS) is 1. The van der Waals surface area contributed by atoms with Gasteiger partial charge in [0.25, 0.3) is 0 Å². The maximum absolute atomic E-state index is 10.4. The third-order valence-electron chi connectivity index (χ3n) is 2.18. The van der Waals surface area contributed by atoms with Gasteiger partial charge in [0.1, 0.15) is 0 Å². The highest BCUT2D eigenvalue weighted by Crippen LogP contribution is 2.29. The quantitative estimate of drug-likeness (QED) is 0.931. The van der Waals surface area contributed by atoms with Gasteiger partial charge in [0.15, 0.2) is 0 Å². The van der Waals surface area contributed by atoms with Crippen LogP contribution in [0.3, 0.4) is 0 Å². The second-order valence-electron chi connectivity index (χ2n) is 3.52. The number of carboxylic acids is 1. The number of aliphatic carboxylic acids is 1. The first-order chi connectivity index (χ1) is 8.56. The molecule has 5 nitrogen and oxygen atoms in total. The lowest BCUT2D eigenvalue weighted by Crippen LogP contribution is -1.97. The Morgan fingerprint density at radius 2 is 2.22 bits per heavy atom. The van der Waals surface area contributed by atoms with Crippen LogP contribution in [0.15, 0.2) is 27.1 Å². The van der Waals surface area contributed by atoms with E-state index in [9.17, 15) is 4.79 Å². The molecule has 7 heteroatoms. The molecule has 0 aliphatic rings. The van der Waals surface area contributed by atoms with Crippen molar-refractivity contribution in [2.24, 2.45) is 0 Å². The lowest BCUT2D eigenvalue weighted by Gasteiger charge is -1.99. The maximum Gasteiger partial charge on any atom is 0.303 e. The molecule has 1 aromatic heterocycles. The molecule has 0 aliphatic carbocycles. The normalized spacial score (nSPS) is 10.6. The summed E-state index contributed by atoms with van der Waals surface area (Å²) in [5.41, 5.74) is 0.611. The summed E-state index contributed by atoms with van der Waals surface area (Å²) in [6, 6.07) is 5.27. The average Bonchev–Trinajstić information content (AvgIpc) is 2.78. The van der Waals surface area contributed by atoms with Gasteiger partial charge in [-0.15, -0.1) is 10.2 Å². The molecular formula is C11H8BrClN2O3. The second kappa shape index (κ2) is 5.49. The molecule has 0 bridgehead atoms. The topological polar surface area (TPSA) is 76.2 Å². The van der Waals surface area contributed by atoms with Crippen LogP contribution in [0.1, 0.15) is 12.3 Å². The minimum atomic E-state index is -0.907. The monoisotopic (exact) mass is 330 g/mol. The highest BCUT2D eigenvalue weighted by Gasteiger charge is 2.13. The Labute approximate surface area is 116 Å². The van der Waals surface area contributed by atoms with Gasteiger partial charge in [0, 0.05) is 10.9 Å². The van der Waals surface area contributed by atoms with Crippen LogP contribution in [0, 0.1) is 0 Å². The fourth-order valence-corrected chi connectivity index (χ4v) is 1.90. The van der Waals surface area contributed by atoms with Crippen molar-refractivity contribution < 1.29 is 14.3 Å². The van der Waals surface area contributed by atoms with Crippen molar-refractivity contribution in [1.82, 2.24) is 10.2 Å². The Morgan fingerprint density at radius 1 is 1.44 bits per heavy atom. The van der Waals surface area contributed by atoms with E-state index in [1.54, 1.807) is 18.2 Å². The van der Waals surface area contributed by atoms with Crippen LogP contribution >= 0.6 is 27.5 Å². The highest BCUT2D eigenvalue weighted by molar-refractivity contribution is 9.10. The van der Waals surface area contributed by atoms with E-state index in [0.717, 1.165) is 4.47 Å². The van der Waals surface area contributed by atoms with Gasteiger partial charge in [0.2, 0.25) is 11.8 Å². The van der Waals surface area contributed by atoms with Crippen LogP contribution in [0.25, 0.3) is 11.5 Å². The number of hydrogen-bond donors (Lipinski definition) is 1. The largest absolute Gasteiger partial charge is 0.481 e. The summed E-state index contributed by atoms with van der Waals surface area (Å²) in [6.45, 7) is 0. The van der Waals surface area contributed by atoms with Crippen LogP contribution in [-0.4, -0.2) is 21.3 Å². The smallest absolute Gasteiger partial charge is 0.303 e. The maximum atomic E-state index is 10.4. The summed E-state index contributed by atoms with van der Waals surface area (Å²) in [5, 5.41) is 16.7. The average molecular weight is 332 g/mol. The summed E-state index contributed by atoms with van der Waals surface area (Å²) >= 11 is 9.35. The van der Waals surface area contributed by atoms with Crippen molar-refractivity contribution in [2.75, 3.05) is 0 Å². The molecule has 2 aromatic rings. The van der Waals surface area contributed by atoms with Gasteiger partial charge in [-0.05, 0) is 18.2 Å². The van der Waals surface area contributed by atoms with Crippen LogP contribution in [0.2, 0.25) is 5.02 Å². The first-order valence-corrected chi connectivity index (χ1v) is 6.23. The Kier molecular flexibility index (Phi) is 3.98. The molecular weight excluding hydrogens is 323 g/mol. The van der Waals surface area contributed by atoms with Crippen molar-refractivity contribution in [3.8, 4) is 11.5 Å². The fraction of sp³-hybridized carbons (Fsp3) is 0.182. The second-order valence-corrected chi connectivity index (χ2v) is 4.84. The molecule has 18 heavy (non-hydrogen) atoms. The molecule has 0 saturated carbocycles. The Balaban J connectivity index is 2.23. The summed E-state index contributed by atoms with van der Waals surface area (Å²) in [4.78, 5) is 10.4. The molecule has 1 heterocycles. The molecule has 0 atom stereocenters. The minimum Gasteiger partial charge on any atom is -0.481 e. The minimum absolute atomic E-state index is 0.0478. The highest BCUT2D eigenvalue weighted by atomic mass is 79.9. The number of aromatic nitrogens is 2. The molecule has 0 aliphatic heterocycles. The molecule has 1 aromatic carbocycles. The lowest BCUT2D eigenvalue weighted by molar-refractivity contribution is -0.137. The van der Waals surface area contributed by atoms with Crippen molar-refractivity contribution in [1.29, 1.82) is 0 Å². The number of aryl methyl sites for hydroxylation is 1. The molecule has 0 amide bonds. The first-order valence-electron chi connectivity index (χ1n) is 5.06. The van der Waals surface area contributed by atoms with Gasteiger partial charge >= 0.3 is 5.97 Å². The Morgan fingerprint density at radius 3 is 2.94 bits per heavy atom. The zero-order valence-corrected chi connectivity index (χ0v) is 11.4. The van der Waals surface area contributed by atoms with E-state index in [-0.39, 0.29) is 24.6 Å². The van der Waals surface area contributed by atoms with E-state index in [4.69, 9.17) is 21.1 Å². The van der Waals surface area contributed by atoms with Crippen molar-refractivity contribution >= 4 is 33.5 Å². The summed E-state index contributed by atoms with van der Waals surface area (Å²) in [6.07, 6.45) is 0.155. The number of carbonyl (C=O) groups is 1. The Hall–Kier alpha value is -1.40. The third kappa shape index (κ3) is 3.08. The first kappa shape index (κ1) is 13.0. The number of nitrogens with zero attached hydrogens (tertiary/aromatic N) is 2. The molecule has 0 unspecified atom stereocenters. The van der Waals surface area contributed by atoms with Gasteiger partial charge in [-0.3, -0.25) is 4.79 Å². The van der Waals surface area contributed by atoms with Crippen LogP contribution < -0.4 is 0 Å². The predicted octanol–water partition coefficient (Wildman–Crippen LogP) is 3.17. The van der Waals surface area contributed by atoms with Crippen molar-refractivity contribution in [3.05, 3.63) is 33.6 Å². The number of halogens is 2. The van der Waals surface area contributed by atoms with Gasteiger partial charge < -0.3 is 9.52 Å². The molecule has 1 N–H and O–H groups in total. The molecule has 2 rings (SSSR count). The van der Waals surface area contributed by atoms with Gasteiger partial charge in [-0.2, -0.15) is 0 Å². The van der Waals surface area contributed by atoms with Crippen molar-refractivity contribution in [3.63, 3.8) is 0 Å². The van der Waals surface area contributed by atoms with Gasteiger partial charge in [0.05, 0.1) is 17.0 Å². The number of benzene rings is 1. The molecule has 0 spiro atoms. The fourth-order valence-electron chi connectivity index (χ4n) is 1.34. The Bertz CT molecular complexity index is 585. The van der Waals surface area contributed by atoms with E-state index in [2.05, 4.69) is 26.1 Å². The van der Waals surface area contributed by atoms with E-state index in [1.807, 2.05) is 0 Å². The summed E-state index contributed by atoms with van der Waals surface area (Å²) in [5.74, 6) is -0.347. The SMILES string of the molecule is O=C(O)CCc1nnc(-c2cc(Br)ccc2Cl)o1. The summed E-state index contributed by atoms with van der Waals surface area (Å²) < 4.78 is 6.21. The van der Waals surface area contributed by atoms with E-state index in [0.29, 0.717) is 10.6 Å². The molecule has 94 valence electrons. The predicted molar refractivity (Wildman–Crippen MR) is 68.4 cm³/mol. The van der Waals surface area contributed by atoms with E-state index >= 15 is 0 Å². The van der Waals surface area contributed by atoms with Crippen LogP contribution in [0.4, 0.5) is 0 Å². The standard InChI is InChI=1S/C11H8BrClN2O3/c12-6-1-2-8(13)7(5-6)11-15-14-9(18-11)3-4-10(16)17/h1-2,5H,3-4H2,(H,16,17). The summed E-state index contributed by atoms with van der Waals surface area (Å²) in [7, 11) is 0. The van der Waals surface area contributed by atoms with Crippen LogP contribution in [-0.2, 0) is 11.2 Å².